The van der Waals surface area contributed by atoms with E-state index in [1.165, 1.54) is 0 Å². The first kappa shape index (κ1) is 16.0. The van der Waals surface area contributed by atoms with Crippen LogP contribution in [0.1, 0.15) is 12.8 Å². The van der Waals surface area contributed by atoms with Crippen molar-refractivity contribution in [2.75, 3.05) is 6.61 Å². The van der Waals surface area contributed by atoms with Crippen LogP contribution in [0.2, 0.25) is 0 Å². The Bertz CT molecular complexity index is 113. The van der Waals surface area contributed by atoms with Crippen molar-refractivity contribution in [1.29, 1.82) is 0 Å². The van der Waals surface area contributed by atoms with Crippen LogP contribution >= 0.6 is 0 Å². The molecule has 3 nitrogen and oxygen atoms in total. The molecule has 1 heterocycles. The van der Waals surface area contributed by atoms with Crippen molar-refractivity contribution >= 4 is 0 Å². The SMILES string of the molecule is C=CO.[CH2-]CC(O)C1[CH-]CCO1.[U+2]. The molecule has 0 aromatic rings. The summed E-state index contributed by atoms with van der Waals surface area (Å²) in [4.78, 5) is 0. The van der Waals surface area contributed by atoms with Crippen LogP contribution in [0.5, 0.6) is 0 Å². The number of hydrogen-bond donors (Lipinski definition) is 2. The first-order valence-electron chi connectivity index (χ1n) is 3.93. The summed E-state index contributed by atoms with van der Waals surface area (Å²) in [5, 5.41) is 16.5. The Morgan fingerprint density at radius 2 is 2.31 bits per heavy atom. The van der Waals surface area contributed by atoms with Gasteiger partial charge in [-0.1, -0.05) is 6.58 Å². The molecule has 0 saturated carbocycles. The Morgan fingerprint density at radius 3 is 2.62 bits per heavy atom. The molecule has 2 atom stereocenters. The second-order valence-electron chi connectivity index (χ2n) is 2.40. The van der Waals surface area contributed by atoms with Gasteiger partial charge in [0.1, 0.15) is 0 Å². The van der Waals surface area contributed by atoms with Gasteiger partial charge in [0.15, 0.2) is 0 Å². The molecular formula is C9H16O3U. The Labute approximate surface area is 104 Å². The van der Waals surface area contributed by atoms with Gasteiger partial charge in [0.25, 0.3) is 0 Å². The molecule has 0 amide bonds. The van der Waals surface area contributed by atoms with Crippen LogP contribution in [0.15, 0.2) is 12.8 Å². The van der Waals surface area contributed by atoms with Crippen molar-refractivity contribution in [1.82, 2.24) is 0 Å². The fraction of sp³-hybridized carbons (Fsp3) is 0.556. The van der Waals surface area contributed by atoms with Crippen LogP contribution in [0.4, 0.5) is 0 Å². The fourth-order valence-electron chi connectivity index (χ4n) is 0.937. The summed E-state index contributed by atoms with van der Waals surface area (Å²) in [5.41, 5.74) is 0. The molecule has 74 valence electrons. The van der Waals surface area contributed by atoms with E-state index in [4.69, 9.17) is 14.9 Å². The van der Waals surface area contributed by atoms with Gasteiger partial charge in [-0.05, 0) is 6.10 Å². The first-order valence-corrected chi connectivity index (χ1v) is 3.93. The van der Waals surface area contributed by atoms with Crippen molar-refractivity contribution in [2.24, 2.45) is 0 Å². The van der Waals surface area contributed by atoms with Gasteiger partial charge >= 0.3 is 31.1 Å². The van der Waals surface area contributed by atoms with Gasteiger partial charge in [-0.3, -0.25) is 6.42 Å². The number of ether oxygens (including phenoxy) is 1. The smallest absolute Gasteiger partial charge is 0.516 e. The molecule has 0 aromatic heterocycles. The zero-order chi connectivity index (χ0) is 9.40. The molecule has 1 aliphatic heterocycles. The van der Waals surface area contributed by atoms with Crippen LogP contribution < -0.4 is 0 Å². The molecule has 1 saturated heterocycles. The maximum absolute atomic E-state index is 9.14. The molecular weight excluding hydrogens is 394 g/mol. The molecule has 2 unspecified atom stereocenters. The van der Waals surface area contributed by atoms with E-state index in [1.54, 1.807) is 0 Å². The minimum Gasteiger partial charge on any atom is -0.516 e. The zero-order valence-corrected chi connectivity index (χ0v) is 11.8. The molecule has 13 heavy (non-hydrogen) atoms. The maximum Gasteiger partial charge on any atom is 2.00 e. The minimum absolute atomic E-state index is 0. The second-order valence-corrected chi connectivity index (χ2v) is 2.40. The van der Waals surface area contributed by atoms with Gasteiger partial charge in [0.05, 0.1) is 6.26 Å². The van der Waals surface area contributed by atoms with E-state index < -0.39 is 6.10 Å². The van der Waals surface area contributed by atoms with Gasteiger partial charge in [-0.25, -0.2) is 0 Å². The summed E-state index contributed by atoms with van der Waals surface area (Å²) in [5.74, 6) is 0. The van der Waals surface area contributed by atoms with Crippen LogP contribution in [-0.2, 0) is 4.74 Å². The topological polar surface area (TPSA) is 49.7 Å². The monoisotopic (exact) mass is 410 g/mol. The zero-order valence-electron chi connectivity index (χ0n) is 7.65. The molecule has 0 spiro atoms. The van der Waals surface area contributed by atoms with Crippen LogP contribution in [-0.4, -0.2) is 29.0 Å². The van der Waals surface area contributed by atoms with E-state index in [2.05, 4.69) is 13.5 Å². The molecule has 0 aromatic carbocycles. The Balaban J connectivity index is 0. The third kappa shape index (κ3) is 7.57. The Morgan fingerprint density at radius 1 is 1.77 bits per heavy atom. The Kier molecular flexibility index (Phi) is 13.0. The quantitative estimate of drug-likeness (QED) is 0.533. The van der Waals surface area contributed by atoms with Crippen molar-refractivity contribution in [2.45, 2.75) is 25.0 Å². The average Bonchev–Trinajstić information content (AvgIpc) is 2.56. The second kappa shape index (κ2) is 10.6. The number of hydrogen-bond acceptors (Lipinski definition) is 3. The number of aliphatic hydroxyl groups is 2. The normalized spacial score (nSPS) is 22.2. The molecule has 0 aliphatic carbocycles. The van der Waals surface area contributed by atoms with Gasteiger partial charge in [-0.15, -0.1) is 0 Å². The molecule has 2 N–H and O–H groups in total. The van der Waals surface area contributed by atoms with Crippen molar-refractivity contribution in [3.8, 4) is 0 Å². The standard InChI is InChI=1S/C7H12O2.C2H4O.U/c1-2-6(8)7-4-3-5-9-7;1-2-3;/h4,6-8H,1-3,5H2;2-3H,1H2;/q-2;;+2. The first-order chi connectivity index (χ1) is 5.76. The van der Waals surface area contributed by atoms with Crippen molar-refractivity contribution < 1.29 is 46.1 Å². The molecule has 1 aliphatic rings. The summed E-state index contributed by atoms with van der Waals surface area (Å²) in [6, 6.07) is 0. The van der Waals surface area contributed by atoms with Crippen molar-refractivity contribution in [3.63, 3.8) is 0 Å². The summed E-state index contributed by atoms with van der Waals surface area (Å²) in [6.45, 7) is 7.25. The van der Waals surface area contributed by atoms with E-state index in [1.807, 2.05) is 6.42 Å². The third-order valence-electron chi connectivity index (χ3n) is 1.50. The van der Waals surface area contributed by atoms with Gasteiger partial charge < -0.3 is 21.9 Å². The van der Waals surface area contributed by atoms with Crippen LogP contribution in [0.25, 0.3) is 0 Å². The molecule has 4 heteroatoms. The number of rotatable bonds is 2. The van der Waals surface area contributed by atoms with Gasteiger partial charge in [0, 0.05) is 12.7 Å². The Hall–Kier alpha value is 0.512. The summed E-state index contributed by atoms with van der Waals surface area (Å²) < 4.78 is 5.16. The maximum atomic E-state index is 9.14. The third-order valence-corrected chi connectivity index (χ3v) is 1.50. The van der Waals surface area contributed by atoms with Gasteiger partial charge in [-0.2, -0.15) is 12.8 Å². The minimum atomic E-state index is -0.396. The summed E-state index contributed by atoms with van der Waals surface area (Å²) in [7, 11) is 0. The summed E-state index contributed by atoms with van der Waals surface area (Å²) >= 11 is 0. The molecule has 1 rings (SSSR count). The van der Waals surface area contributed by atoms with E-state index in [9.17, 15) is 0 Å². The molecule has 1 fully saturated rings. The van der Waals surface area contributed by atoms with E-state index in [0.29, 0.717) is 6.42 Å². The summed E-state index contributed by atoms with van der Waals surface area (Å²) in [6.07, 6.45) is 3.79. The predicted molar refractivity (Wildman–Crippen MR) is 47.5 cm³/mol. The molecule has 0 bridgehead atoms. The van der Waals surface area contributed by atoms with E-state index in [0.717, 1.165) is 19.3 Å². The van der Waals surface area contributed by atoms with Crippen LogP contribution in [0, 0.1) is 44.5 Å². The van der Waals surface area contributed by atoms with E-state index >= 15 is 0 Å². The number of aliphatic hydroxyl groups excluding tert-OH is 2. The van der Waals surface area contributed by atoms with Crippen molar-refractivity contribution in [3.05, 3.63) is 26.2 Å². The molecule has 0 radical (unpaired) electrons. The van der Waals surface area contributed by atoms with Crippen LogP contribution in [0.3, 0.4) is 0 Å². The van der Waals surface area contributed by atoms with Gasteiger partial charge in [0.2, 0.25) is 0 Å². The fourth-order valence-corrected chi connectivity index (χ4v) is 0.937. The predicted octanol–water partition coefficient (Wildman–Crippen LogP) is 1.25. The largest absolute Gasteiger partial charge is 2.00 e. The van der Waals surface area contributed by atoms with E-state index in [-0.39, 0.29) is 37.2 Å². The average molecular weight is 410 g/mol.